The zero-order chi connectivity index (χ0) is 10.8. The predicted octanol–water partition coefficient (Wildman–Crippen LogP) is 4.13. The van der Waals surface area contributed by atoms with Crippen molar-refractivity contribution in [1.29, 1.82) is 0 Å². The number of allylic oxidation sites excluding steroid dienone is 2. The molecule has 0 amide bonds. The monoisotopic (exact) mass is 196 g/mol. The molecule has 0 aliphatic rings. The molecule has 0 heterocycles. The molecule has 14 heavy (non-hydrogen) atoms. The molecule has 0 fully saturated rings. The minimum atomic E-state index is 0.704. The average molecular weight is 196 g/mol. The van der Waals surface area contributed by atoms with Gasteiger partial charge in [0.25, 0.3) is 0 Å². The number of carbonyl (C=O) groups is 1. The normalized spacial score (nSPS) is 12.1. The molecule has 0 rings (SSSR count). The van der Waals surface area contributed by atoms with Crippen LogP contribution in [-0.4, -0.2) is 6.29 Å². The molecule has 82 valence electrons. The largest absolute Gasteiger partial charge is 0.303 e. The number of hydrogen-bond acceptors (Lipinski definition) is 1. The van der Waals surface area contributed by atoms with E-state index in [4.69, 9.17) is 0 Å². The van der Waals surface area contributed by atoms with Gasteiger partial charge in [0.15, 0.2) is 0 Å². The first-order chi connectivity index (χ1) is 6.66. The van der Waals surface area contributed by atoms with E-state index in [-0.39, 0.29) is 0 Å². The molecule has 0 aliphatic heterocycles. The molecule has 0 aromatic carbocycles. The van der Waals surface area contributed by atoms with Crippen LogP contribution in [-0.2, 0) is 4.79 Å². The molecular weight excluding hydrogens is 172 g/mol. The van der Waals surface area contributed by atoms with E-state index in [1.807, 2.05) is 0 Å². The minimum absolute atomic E-state index is 0.704. The highest BCUT2D eigenvalue weighted by Gasteiger charge is 1.95. The van der Waals surface area contributed by atoms with Crippen LogP contribution in [0.15, 0.2) is 11.6 Å². The molecule has 0 atom stereocenters. The fraction of sp³-hybridized carbons (Fsp3) is 0.769. The highest BCUT2D eigenvalue weighted by molar-refractivity contribution is 5.49. The van der Waals surface area contributed by atoms with E-state index in [2.05, 4.69) is 26.8 Å². The quantitative estimate of drug-likeness (QED) is 0.324. The van der Waals surface area contributed by atoms with E-state index < -0.39 is 0 Å². The molecule has 0 unspecified atom stereocenters. The summed E-state index contributed by atoms with van der Waals surface area (Å²) in [6, 6.07) is 0. The SMILES string of the molecule is CC(=CCCCC=O)CCCC(C)C. The summed E-state index contributed by atoms with van der Waals surface area (Å²) in [5, 5.41) is 0. The molecule has 0 saturated heterocycles. The van der Waals surface area contributed by atoms with Crippen molar-refractivity contribution < 1.29 is 4.79 Å². The van der Waals surface area contributed by atoms with Gasteiger partial charge in [0.2, 0.25) is 0 Å². The molecule has 0 radical (unpaired) electrons. The maximum Gasteiger partial charge on any atom is 0.120 e. The van der Waals surface area contributed by atoms with Gasteiger partial charge in [-0.2, -0.15) is 0 Å². The van der Waals surface area contributed by atoms with E-state index in [0.29, 0.717) is 6.42 Å². The molecule has 0 bridgehead atoms. The summed E-state index contributed by atoms with van der Waals surface area (Å²) < 4.78 is 0. The summed E-state index contributed by atoms with van der Waals surface area (Å²) in [6.45, 7) is 6.73. The van der Waals surface area contributed by atoms with Gasteiger partial charge in [-0.15, -0.1) is 0 Å². The summed E-state index contributed by atoms with van der Waals surface area (Å²) in [6.07, 6.45) is 9.89. The third-order valence-corrected chi connectivity index (χ3v) is 2.37. The lowest BCUT2D eigenvalue weighted by atomic mass is 10.0. The van der Waals surface area contributed by atoms with E-state index in [0.717, 1.165) is 25.0 Å². The van der Waals surface area contributed by atoms with Crippen molar-refractivity contribution in [1.82, 2.24) is 0 Å². The van der Waals surface area contributed by atoms with Crippen LogP contribution in [0, 0.1) is 5.92 Å². The number of unbranched alkanes of at least 4 members (excludes halogenated alkanes) is 2. The lowest BCUT2D eigenvalue weighted by molar-refractivity contribution is -0.107. The molecule has 0 aromatic rings. The van der Waals surface area contributed by atoms with Gasteiger partial charge < -0.3 is 4.79 Å². The Morgan fingerprint density at radius 3 is 2.50 bits per heavy atom. The van der Waals surface area contributed by atoms with Gasteiger partial charge in [-0.3, -0.25) is 0 Å². The Morgan fingerprint density at radius 1 is 1.21 bits per heavy atom. The Hall–Kier alpha value is -0.590. The second-order valence-electron chi connectivity index (χ2n) is 4.43. The molecule has 0 aliphatic carbocycles. The molecule has 1 heteroatoms. The third-order valence-electron chi connectivity index (χ3n) is 2.37. The average Bonchev–Trinajstić information content (AvgIpc) is 2.12. The van der Waals surface area contributed by atoms with Crippen LogP contribution >= 0.6 is 0 Å². The van der Waals surface area contributed by atoms with Crippen LogP contribution in [0.4, 0.5) is 0 Å². The number of hydrogen-bond donors (Lipinski definition) is 0. The van der Waals surface area contributed by atoms with Gasteiger partial charge in [0.05, 0.1) is 0 Å². The summed E-state index contributed by atoms with van der Waals surface area (Å²) >= 11 is 0. The van der Waals surface area contributed by atoms with Gasteiger partial charge in [-0.25, -0.2) is 0 Å². The molecule has 0 N–H and O–H groups in total. The van der Waals surface area contributed by atoms with Crippen molar-refractivity contribution in [3.63, 3.8) is 0 Å². The number of rotatable bonds is 8. The minimum Gasteiger partial charge on any atom is -0.303 e. The second kappa shape index (κ2) is 8.98. The van der Waals surface area contributed by atoms with Crippen LogP contribution in [0.5, 0.6) is 0 Å². The highest BCUT2D eigenvalue weighted by Crippen LogP contribution is 2.12. The van der Waals surface area contributed by atoms with Crippen molar-refractivity contribution in [3.8, 4) is 0 Å². The first-order valence-corrected chi connectivity index (χ1v) is 5.76. The van der Waals surface area contributed by atoms with Gasteiger partial charge in [0, 0.05) is 6.42 Å². The van der Waals surface area contributed by atoms with Crippen LogP contribution < -0.4 is 0 Å². The van der Waals surface area contributed by atoms with Gasteiger partial charge >= 0.3 is 0 Å². The Morgan fingerprint density at radius 2 is 1.93 bits per heavy atom. The fourth-order valence-corrected chi connectivity index (χ4v) is 1.44. The number of carbonyl (C=O) groups excluding carboxylic acids is 1. The zero-order valence-corrected chi connectivity index (χ0v) is 9.88. The van der Waals surface area contributed by atoms with Crippen LogP contribution in [0.25, 0.3) is 0 Å². The summed E-state index contributed by atoms with van der Waals surface area (Å²) in [7, 11) is 0. The van der Waals surface area contributed by atoms with E-state index in [1.54, 1.807) is 0 Å². The number of aldehydes is 1. The van der Waals surface area contributed by atoms with E-state index in [9.17, 15) is 4.79 Å². The van der Waals surface area contributed by atoms with Crippen molar-refractivity contribution >= 4 is 6.29 Å². The van der Waals surface area contributed by atoms with Crippen LogP contribution in [0.3, 0.4) is 0 Å². The van der Waals surface area contributed by atoms with Gasteiger partial charge in [-0.05, 0) is 38.5 Å². The Bertz CT molecular complexity index is 168. The first-order valence-electron chi connectivity index (χ1n) is 5.76. The Balaban J connectivity index is 3.41. The molecular formula is C13H24O. The molecule has 1 nitrogen and oxygen atoms in total. The van der Waals surface area contributed by atoms with Crippen LogP contribution in [0.1, 0.15) is 59.3 Å². The lowest BCUT2D eigenvalue weighted by Crippen LogP contribution is -1.87. The van der Waals surface area contributed by atoms with Gasteiger partial charge in [0.1, 0.15) is 6.29 Å². The van der Waals surface area contributed by atoms with Crippen molar-refractivity contribution in [3.05, 3.63) is 11.6 Å². The standard InChI is InChI=1S/C13H24O/c1-12(2)8-7-10-13(3)9-5-4-6-11-14/h9,11-12H,4-8,10H2,1-3H3. The zero-order valence-electron chi connectivity index (χ0n) is 9.88. The maximum atomic E-state index is 10.1. The van der Waals surface area contributed by atoms with Crippen LogP contribution in [0.2, 0.25) is 0 Å². The Kier molecular flexibility index (Phi) is 8.61. The van der Waals surface area contributed by atoms with E-state index in [1.165, 1.54) is 24.8 Å². The second-order valence-corrected chi connectivity index (χ2v) is 4.43. The molecule has 0 spiro atoms. The summed E-state index contributed by atoms with van der Waals surface area (Å²) in [5.74, 6) is 0.817. The van der Waals surface area contributed by atoms with Crippen molar-refractivity contribution in [2.45, 2.75) is 59.3 Å². The smallest absolute Gasteiger partial charge is 0.120 e. The van der Waals surface area contributed by atoms with E-state index >= 15 is 0 Å². The Labute approximate surface area is 88.6 Å². The maximum absolute atomic E-state index is 10.1. The predicted molar refractivity (Wildman–Crippen MR) is 62.4 cm³/mol. The van der Waals surface area contributed by atoms with Gasteiger partial charge in [-0.1, -0.05) is 31.9 Å². The summed E-state index contributed by atoms with van der Waals surface area (Å²) in [4.78, 5) is 10.1. The van der Waals surface area contributed by atoms with Crippen molar-refractivity contribution in [2.75, 3.05) is 0 Å². The topological polar surface area (TPSA) is 17.1 Å². The molecule has 0 saturated carbocycles. The fourth-order valence-electron chi connectivity index (χ4n) is 1.44. The first kappa shape index (κ1) is 13.4. The summed E-state index contributed by atoms with van der Waals surface area (Å²) in [5.41, 5.74) is 1.48. The third kappa shape index (κ3) is 9.50. The molecule has 0 aromatic heterocycles. The highest BCUT2D eigenvalue weighted by atomic mass is 16.1. The lowest BCUT2D eigenvalue weighted by Gasteiger charge is -2.04. The van der Waals surface area contributed by atoms with Crippen molar-refractivity contribution in [2.24, 2.45) is 5.92 Å².